The van der Waals surface area contributed by atoms with Crippen LogP contribution < -0.4 is 5.32 Å². The van der Waals surface area contributed by atoms with Crippen molar-refractivity contribution in [2.24, 2.45) is 11.8 Å². The molecule has 0 aromatic rings. The number of nitrogens with one attached hydrogen (secondary N) is 1. The van der Waals surface area contributed by atoms with Gasteiger partial charge >= 0.3 is 5.97 Å². The van der Waals surface area contributed by atoms with Gasteiger partial charge in [-0.1, -0.05) is 6.42 Å². The summed E-state index contributed by atoms with van der Waals surface area (Å²) < 4.78 is 0. The van der Waals surface area contributed by atoms with Crippen LogP contribution in [0.4, 0.5) is 0 Å². The lowest BCUT2D eigenvalue weighted by molar-refractivity contribution is -0.140. The summed E-state index contributed by atoms with van der Waals surface area (Å²) >= 11 is 0. The Bertz CT molecular complexity index is 197. The van der Waals surface area contributed by atoms with Crippen molar-refractivity contribution in [3.8, 4) is 0 Å². The molecule has 3 heteroatoms. The van der Waals surface area contributed by atoms with Gasteiger partial charge in [-0.2, -0.15) is 0 Å². The monoisotopic (exact) mass is 183 g/mol. The van der Waals surface area contributed by atoms with Gasteiger partial charge in [0.15, 0.2) is 0 Å². The molecule has 2 rings (SSSR count). The first-order valence-corrected chi connectivity index (χ1v) is 5.23. The van der Waals surface area contributed by atoms with Gasteiger partial charge in [-0.25, -0.2) is 0 Å². The van der Waals surface area contributed by atoms with Gasteiger partial charge in [0.1, 0.15) is 6.04 Å². The molecule has 3 nitrogen and oxygen atoms in total. The smallest absolute Gasteiger partial charge is 0.320 e. The molecule has 0 amide bonds. The van der Waals surface area contributed by atoms with Crippen molar-refractivity contribution >= 4 is 5.97 Å². The van der Waals surface area contributed by atoms with Gasteiger partial charge in [0.05, 0.1) is 0 Å². The van der Waals surface area contributed by atoms with Crippen LogP contribution in [0.5, 0.6) is 0 Å². The summed E-state index contributed by atoms with van der Waals surface area (Å²) in [5.41, 5.74) is 0. The molecule has 0 heterocycles. The number of aliphatic carboxylic acids is 1. The zero-order valence-electron chi connectivity index (χ0n) is 7.83. The Morgan fingerprint density at radius 3 is 2.46 bits per heavy atom. The van der Waals surface area contributed by atoms with Gasteiger partial charge in [0.25, 0.3) is 0 Å². The average molecular weight is 183 g/mol. The molecule has 0 bridgehead atoms. The molecule has 74 valence electrons. The molecule has 0 saturated heterocycles. The fourth-order valence-electron chi connectivity index (χ4n) is 1.88. The van der Waals surface area contributed by atoms with E-state index in [4.69, 9.17) is 5.11 Å². The highest BCUT2D eigenvalue weighted by Crippen LogP contribution is 2.33. The number of carboxylic acids is 1. The van der Waals surface area contributed by atoms with Crippen molar-refractivity contribution in [1.82, 2.24) is 5.32 Å². The summed E-state index contributed by atoms with van der Waals surface area (Å²) in [6.07, 6.45) is 6.07. The van der Waals surface area contributed by atoms with Crippen LogP contribution in [0.15, 0.2) is 0 Å². The fraction of sp³-hybridized carbons (Fsp3) is 0.900. The number of hydrogen-bond acceptors (Lipinski definition) is 2. The van der Waals surface area contributed by atoms with Gasteiger partial charge in [0, 0.05) is 0 Å². The van der Waals surface area contributed by atoms with Crippen LogP contribution in [0.1, 0.15) is 32.1 Å². The number of hydrogen-bond donors (Lipinski definition) is 2. The van der Waals surface area contributed by atoms with Crippen molar-refractivity contribution in [3.05, 3.63) is 0 Å². The summed E-state index contributed by atoms with van der Waals surface area (Å²) in [7, 11) is 0. The lowest BCUT2D eigenvalue weighted by atomic mass is 9.85. The van der Waals surface area contributed by atoms with Crippen molar-refractivity contribution in [1.29, 1.82) is 0 Å². The van der Waals surface area contributed by atoms with E-state index in [0.717, 1.165) is 25.3 Å². The van der Waals surface area contributed by atoms with E-state index >= 15 is 0 Å². The minimum Gasteiger partial charge on any atom is -0.480 e. The summed E-state index contributed by atoms with van der Waals surface area (Å²) in [6, 6.07) is -0.263. The second kappa shape index (κ2) is 3.66. The number of carbonyl (C=O) groups is 1. The van der Waals surface area contributed by atoms with E-state index in [-0.39, 0.29) is 6.04 Å². The topological polar surface area (TPSA) is 49.3 Å². The molecule has 0 aromatic carbocycles. The normalized spacial score (nSPS) is 25.2. The standard InChI is InChI=1S/C10H17NO2/c12-10(13)9(8-4-5-8)11-6-7-2-1-3-7/h7-9,11H,1-6H2,(H,12,13). The highest BCUT2D eigenvalue weighted by atomic mass is 16.4. The summed E-state index contributed by atoms with van der Waals surface area (Å²) in [4.78, 5) is 10.8. The van der Waals surface area contributed by atoms with E-state index in [2.05, 4.69) is 5.32 Å². The molecule has 13 heavy (non-hydrogen) atoms. The first-order valence-electron chi connectivity index (χ1n) is 5.23. The molecule has 2 N–H and O–H groups in total. The Balaban J connectivity index is 1.72. The molecule has 1 atom stereocenters. The number of rotatable bonds is 5. The SMILES string of the molecule is O=C(O)C(NCC1CCC1)C1CC1. The summed E-state index contributed by atoms with van der Waals surface area (Å²) in [6.45, 7) is 0.910. The zero-order valence-corrected chi connectivity index (χ0v) is 7.83. The van der Waals surface area contributed by atoms with Crippen molar-refractivity contribution in [3.63, 3.8) is 0 Å². The highest BCUT2D eigenvalue weighted by Gasteiger charge is 2.36. The zero-order chi connectivity index (χ0) is 9.26. The Kier molecular flexibility index (Phi) is 2.54. The first kappa shape index (κ1) is 9.00. The highest BCUT2D eigenvalue weighted by molar-refractivity contribution is 5.74. The predicted octanol–water partition coefficient (Wildman–Crippen LogP) is 1.24. The maximum absolute atomic E-state index is 10.8. The van der Waals surface area contributed by atoms with Crippen LogP contribution in [0.3, 0.4) is 0 Å². The third kappa shape index (κ3) is 2.21. The Morgan fingerprint density at radius 1 is 1.38 bits per heavy atom. The summed E-state index contributed by atoms with van der Waals surface area (Å²) in [5.74, 6) is 0.500. The van der Waals surface area contributed by atoms with Crippen LogP contribution in [0.2, 0.25) is 0 Å². The Hall–Kier alpha value is -0.570. The molecule has 0 aliphatic heterocycles. The average Bonchev–Trinajstić information content (AvgIpc) is 2.76. The fourth-order valence-corrected chi connectivity index (χ4v) is 1.88. The van der Waals surface area contributed by atoms with Crippen LogP contribution in [-0.4, -0.2) is 23.7 Å². The predicted molar refractivity (Wildman–Crippen MR) is 49.5 cm³/mol. The quantitative estimate of drug-likeness (QED) is 0.674. The second-order valence-electron chi connectivity index (χ2n) is 4.36. The van der Waals surface area contributed by atoms with E-state index in [9.17, 15) is 4.79 Å². The minimum atomic E-state index is -0.665. The van der Waals surface area contributed by atoms with Crippen LogP contribution in [0.25, 0.3) is 0 Å². The summed E-state index contributed by atoms with van der Waals surface area (Å²) in [5, 5.41) is 12.1. The van der Waals surface area contributed by atoms with Crippen molar-refractivity contribution in [2.75, 3.05) is 6.54 Å². The molecule has 0 spiro atoms. The molecule has 2 fully saturated rings. The first-order chi connectivity index (χ1) is 6.27. The van der Waals surface area contributed by atoms with Crippen LogP contribution in [0, 0.1) is 11.8 Å². The van der Waals surface area contributed by atoms with Gasteiger partial charge in [-0.3, -0.25) is 4.79 Å². The third-order valence-electron chi connectivity index (χ3n) is 3.21. The van der Waals surface area contributed by atoms with E-state index < -0.39 is 5.97 Å². The lowest BCUT2D eigenvalue weighted by Crippen LogP contribution is -2.42. The third-order valence-corrected chi connectivity index (χ3v) is 3.21. The van der Waals surface area contributed by atoms with E-state index in [0.29, 0.717) is 5.92 Å². The van der Waals surface area contributed by atoms with Gasteiger partial charge < -0.3 is 10.4 Å². The second-order valence-corrected chi connectivity index (χ2v) is 4.36. The lowest BCUT2D eigenvalue weighted by Gasteiger charge is -2.27. The molecule has 0 radical (unpaired) electrons. The van der Waals surface area contributed by atoms with Gasteiger partial charge in [-0.05, 0) is 44.1 Å². The Morgan fingerprint density at radius 2 is 2.08 bits per heavy atom. The molecule has 2 saturated carbocycles. The molecule has 1 unspecified atom stereocenters. The molecule has 0 aromatic heterocycles. The maximum atomic E-state index is 10.8. The van der Waals surface area contributed by atoms with Crippen molar-refractivity contribution < 1.29 is 9.90 Å². The maximum Gasteiger partial charge on any atom is 0.320 e. The minimum absolute atomic E-state index is 0.263. The van der Waals surface area contributed by atoms with Crippen molar-refractivity contribution in [2.45, 2.75) is 38.1 Å². The van der Waals surface area contributed by atoms with Crippen LogP contribution >= 0.6 is 0 Å². The molecular formula is C10H17NO2. The van der Waals surface area contributed by atoms with Gasteiger partial charge in [-0.15, -0.1) is 0 Å². The van der Waals surface area contributed by atoms with E-state index in [1.165, 1.54) is 19.3 Å². The Labute approximate surface area is 78.5 Å². The molecule has 2 aliphatic carbocycles. The number of carboxylic acid groups (broad SMARTS) is 1. The van der Waals surface area contributed by atoms with Gasteiger partial charge in [0.2, 0.25) is 0 Å². The largest absolute Gasteiger partial charge is 0.480 e. The molecule has 2 aliphatic rings. The van der Waals surface area contributed by atoms with Crippen LogP contribution in [-0.2, 0) is 4.79 Å². The van der Waals surface area contributed by atoms with E-state index in [1.54, 1.807) is 0 Å². The van der Waals surface area contributed by atoms with E-state index in [1.807, 2.05) is 0 Å². The molecular weight excluding hydrogens is 166 g/mol.